The van der Waals surface area contributed by atoms with Gasteiger partial charge in [0.1, 0.15) is 5.75 Å². The Morgan fingerprint density at radius 2 is 1.81 bits per heavy atom. The number of carboxylic acid groups (broad SMARTS) is 2. The van der Waals surface area contributed by atoms with Crippen LogP contribution in [0.5, 0.6) is 5.75 Å². The Bertz CT molecular complexity index is 795. The van der Waals surface area contributed by atoms with Gasteiger partial charge in [0.05, 0.1) is 6.61 Å². The van der Waals surface area contributed by atoms with Gasteiger partial charge in [0, 0.05) is 31.2 Å². The minimum Gasteiger partial charge on any atom is -0.494 e. The van der Waals surface area contributed by atoms with E-state index in [0.29, 0.717) is 0 Å². The van der Waals surface area contributed by atoms with Crippen molar-refractivity contribution < 1.29 is 24.5 Å². The van der Waals surface area contributed by atoms with Crippen molar-refractivity contribution in [2.75, 3.05) is 33.8 Å². The minimum atomic E-state index is -0.250. The molecule has 1 heterocycles. The third-order valence-corrected chi connectivity index (χ3v) is 4.96. The normalized spacial score (nSPS) is 12.5. The molecule has 0 radical (unpaired) electrons. The molecule has 8 heteroatoms. The first-order chi connectivity index (χ1) is 14.9. The van der Waals surface area contributed by atoms with Crippen molar-refractivity contribution in [3.63, 3.8) is 0 Å². The van der Waals surface area contributed by atoms with Crippen LogP contribution in [-0.4, -0.2) is 66.7 Å². The topological polar surface area (TPSA) is 90.3 Å². The number of fused-ring (bicyclic) bond motifs is 1. The Hall–Kier alpha value is -2.61. The monoisotopic (exact) mass is 450 g/mol. The van der Waals surface area contributed by atoms with Crippen LogP contribution in [0, 0.1) is 0 Å². The van der Waals surface area contributed by atoms with Gasteiger partial charge in [-0.25, -0.2) is 0 Å². The summed E-state index contributed by atoms with van der Waals surface area (Å²) in [6.45, 7) is 4.27. The van der Waals surface area contributed by atoms with Crippen LogP contribution < -0.4 is 4.74 Å². The van der Waals surface area contributed by atoms with Crippen LogP contribution in [0.2, 0.25) is 5.02 Å². The Balaban J connectivity index is 0.000000720. The van der Waals surface area contributed by atoms with Crippen molar-refractivity contribution in [1.29, 1.82) is 0 Å². The molecule has 1 aliphatic heterocycles. The second kappa shape index (κ2) is 15.2. The summed E-state index contributed by atoms with van der Waals surface area (Å²) in [6.07, 6.45) is 2.07. The van der Waals surface area contributed by atoms with Gasteiger partial charge < -0.3 is 19.8 Å². The second-order valence-corrected chi connectivity index (χ2v) is 7.61. The number of halogens is 1. The summed E-state index contributed by atoms with van der Waals surface area (Å²) in [5, 5.41) is 14.7. The molecule has 0 saturated carbocycles. The fourth-order valence-corrected chi connectivity index (χ4v) is 3.61. The molecular weight excluding hydrogens is 420 g/mol. The van der Waals surface area contributed by atoms with Gasteiger partial charge in [-0.2, -0.15) is 0 Å². The summed E-state index contributed by atoms with van der Waals surface area (Å²) in [4.78, 5) is 21.4. The van der Waals surface area contributed by atoms with Gasteiger partial charge in [-0.15, -0.1) is 0 Å². The molecule has 0 saturated heterocycles. The summed E-state index contributed by atoms with van der Waals surface area (Å²) in [5.74, 6) is 0.969. The van der Waals surface area contributed by atoms with Crippen molar-refractivity contribution in [2.24, 2.45) is 0 Å². The zero-order valence-electron chi connectivity index (χ0n) is 18.0. The third-order valence-electron chi connectivity index (χ3n) is 4.61. The van der Waals surface area contributed by atoms with Gasteiger partial charge in [-0.1, -0.05) is 35.9 Å². The fraction of sp³-hybridized carbons (Fsp3) is 0.391. The van der Waals surface area contributed by atoms with E-state index in [4.69, 9.17) is 36.1 Å². The summed E-state index contributed by atoms with van der Waals surface area (Å²) < 4.78 is 5.90. The Morgan fingerprint density at radius 3 is 2.48 bits per heavy atom. The van der Waals surface area contributed by atoms with E-state index in [1.807, 2.05) is 18.2 Å². The predicted molar refractivity (Wildman–Crippen MR) is 122 cm³/mol. The van der Waals surface area contributed by atoms with Gasteiger partial charge in [0.2, 0.25) is 0 Å². The molecule has 0 amide bonds. The van der Waals surface area contributed by atoms with Crippen molar-refractivity contribution >= 4 is 24.5 Å². The third kappa shape index (κ3) is 10.3. The molecule has 1 aliphatic rings. The molecule has 3 rings (SSSR count). The quantitative estimate of drug-likeness (QED) is 0.491. The smallest absolute Gasteiger partial charge is 0.290 e. The lowest BCUT2D eigenvalue weighted by Crippen LogP contribution is -2.30. The van der Waals surface area contributed by atoms with Gasteiger partial charge in [0.15, 0.2) is 0 Å². The highest BCUT2D eigenvalue weighted by Gasteiger charge is 2.18. The maximum atomic E-state index is 8.36. The molecule has 7 nitrogen and oxygen atoms in total. The van der Waals surface area contributed by atoms with Crippen LogP contribution in [0.25, 0.3) is 0 Å². The number of nitrogens with zero attached hydrogens (tertiary/aromatic N) is 2. The molecule has 0 unspecified atom stereocenters. The molecule has 31 heavy (non-hydrogen) atoms. The highest BCUT2D eigenvalue weighted by atomic mass is 35.5. The lowest BCUT2D eigenvalue weighted by atomic mass is 9.99. The van der Waals surface area contributed by atoms with Crippen LogP contribution in [0.4, 0.5) is 0 Å². The molecule has 2 N–H and O–H groups in total. The minimum absolute atomic E-state index is 0.250. The van der Waals surface area contributed by atoms with Crippen molar-refractivity contribution in [2.45, 2.75) is 25.9 Å². The Kier molecular flexibility index (Phi) is 13.0. The van der Waals surface area contributed by atoms with E-state index in [1.165, 1.54) is 16.7 Å². The first kappa shape index (κ1) is 26.4. The molecule has 2 aromatic rings. The zero-order valence-corrected chi connectivity index (χ0v) is 18.8. The SMILES string of the molecule is CN(C)CCCOc1cccc(CN2CCc3c(Cl)cccc3C2)c1.O=CO.O=CO. The molecular formula is C23H31ClN2O5. The second-order valence-electron chi connectivity index (χ2n) is 7.20. The van der Waals surface area contributed by atoms with Gasteiger partial charge in [-0.05, 0) is 61.8 Å². The molecule has 0 fully saturated rings. The van der Waals surface area contributed by atoms with Crippen LogP contribution in [0.1, 0.15) is 23.1 Å². The first-order valence-corrected chi connectivity index (χ1v) is 10.3. The van der Waals surface area contributed by atoms with E-state index < -0.39 is 0 Å². The number of benzene rings is 2. The number of carbonyl (C=O) groups is 2. The summed E-state index contributed by atoms with van der Waals surface area (Å²) in [7, 11) is 4.18. The zero-order chi connectivity index (χ0) is 23.1. The summed E-state index contributed by atoms with van der Waals surface area (Å²) >= 11 is 6.31. The van der Waals surface area contributed by atoms with E-state index in [0.717, 1.165) is 56.4 Å². The van der Waals surface area contributed by atoms with Gasteiger partial charge >= 0.3 is 0 Å². The van der Waals surface area contributed by atoms with E-state index >= 15 is 0 Å². The van der Waals surface area contributed by atoms with Gasteiger partial charge in [0.25, 0.3) is 12.9 Å². The molecule has 0 atom stereocenters. The molecule has 0 aromatic heterocycles. The van der Waals surface area contributed by atoms with Crippen LogP contribution in [-0.2, 0) is 29.1 Å². The van der Waals surface area contributed by atoms with Crippen molar-refractivity contribution in [3.8, 4) is 5.75 Å². The molecule has 0 bridgehead atoms. The van der Waals surface area contributed by atoms with E-state index in [-0.39, 0.29) is 12.9 Å². The van der Waals surface area contributed by atoms with Crippen LogP contribution in [0.15, 0.2) is 42.5 Å². The Morgan fingerprint density at radius 1 is 1.13 bits per heavy atom. The van der Waals surface area contributed by atoms with Gasteiger partial charge in [-0.3, -0.25) is 14.5 Å². The lowest BCUT2D eigenvalue weighted by molar-refractivity contribution is -0.123. The average molecular weight is 451 g/mol. The largest absolute Gasteiger partial charge is 0.494 e. The molecule has 170 valence electrons. The van der Waals surface area contributed by atoms with E-state index in [9.17, 15) is 0 Å². The van der Waals surface area contributed by atoms with Crippen molar-refractivity contribution in [3.05, 3.63) is 64.2 Å². The van der Waals surface area contributed by atoms with E-state index in [1.54, 1.807) is 0 Å². The predicted octanol–water partition coefficient (Wildman–Crippen LogP) is 3.63. The highest BCUT2D eigenvalue weighted by Crippen LogP contribution is 2.27. The van der Waals surface area contributed by atoms with Crippen LogP contribution in [0.3, 0.4) is 0 Å². The Labute approximate surface area is 188 Å². The number of hydrogen-bond acceptors (Lipinski definition) is 5. The molecule has 0 aliphatic carbocycles. The average Bonchev–Trinajstić information content (AvgIpc) is 2.73. The first-order valence-electron chi connectivity index (χ1n) is 9.95. The van der Waals surface area contributed by atoms with Crippen molar-refractivity contribution in [1.82, 2.24) is 9.80 Å². The summed E-state index contributed by atoms with van der Waals surface area (Å²) in [6, 6.07) is 14.7. The van der Waals surface area contributed by atoms with Crippen LogP contribution >= 0.6 is 11.6 Å². The summed E-state index contributed by atoms with van der Waals surface area (Å²) in [5.41, 5.74) is 3.98. The maximum Gasteiger partial charge on any atom is 0.290 e. The highest BCUT2D eigenvalue weighted by molar-refractivity contribution is 6.31. The standard InChI is InChI=1S/C21H27ClN2O.2CH2O2/c1-23(2)11-5-13-25-19-8-3-6-17(14-19)15-24-12-10-20-18(16-24)7-4-9-21(20)22;2*2-1-3/h3-4,6-9,14H,5,10-13,15-16H2,1-2H3;2*1H,(H,2,3). The molecule has 2 aromatic carbocycles. The molecule has 0 spiro atoms. The fourth-order valence-electron chi connectivity index (χ4n) is 3.32. The number of ether oxygens (including phenoxy) is 1. The number of rotatable bonds is 7. The van der Waals surface area contributed by atoms with E-state index in [2.05, 4.69) is 48.2 Å². The maximum absolute atomic E-state index is 8.36. The number of hydrogen-bond donors (Lipinski definition) is 2. The lowest BCUT2D eigenvalue weighted by Gasteiger charge is -2.29.